The fraction of sp³-hybridized carbons (Fsp3) is 0.559. The maximum Gasteiger partial charge on any atom is 0.240 e. The Labute approximate surface area is 248 Å². The molecule has 2 aromatic rings. The number of halogens is 2. The molecule has 1 aliphatic carbocycles. The van der Waals surface area contributed by atoms with E-state index in [1.54, 1.807) is 4.90 Å². The first-order valence-electron chi connectivity index (χ1n) is 15.6. The minimum Gasteiger partial charge on any atom is -0.353 e. The first-order chi connectivity index (χ1) is 20.2. The van der Waals surface area contributed by atoms with Gasteiger partial charge < -0.3 is 15.5 Å². The summed E-state index contributed by atoms with van der Waals surface area (Å²) in [5, 5.41) is 6.35. The van der Waals surface area contributed by atoms with Gasteiger partial charge in [0.2, 0.25) is 11.8 Å². The first kappa shape index (κ1) is 31.8. The lowest BCUT2D eigenvalue weighted by Gasteiger charge is -2.35. The standard InChI is InChI=1S/C34H45F2N3O3/c1-3-4-5-7-10-23(2)30-18-26(19-32(30)40)33(41)38-29(17-25-15-27(35)20-28(36)16-25)21-31-34(42)39(14-13-37-31)22-24-11-8-6-9-12-24/h6,8-9,11-12,15-16,20,23,26,29-31,37H,3-5,7,10,13-14,17-19,21-22H2,1-2H3,(H,38,41)/t23?,26?,29?,30?,31-/m0/s1. The van der Waals surface area contributed by atoms with E-state index < -0.39 is 29.6 Å². The Hall–Kier alpha value is -3.13. The van der Waals surface area contributed by atoms with Crippen molar-refractivity contribution >= 4 is 17.6 Å². The van der Waals surface area contributed by atoms with Gasteiger partial charge in [0.15, 0.2) is 0 Å². The first-order valence-corrected chi connectivity index (χ1v) is 15.6. The molecule has 4 rings (SSSR count). The smallest absolute Gasteiger partial charge is 0.240 e. The molecule has 1 saturated carbocycles. The lowest BCUT2D eigenvalue weighted by atomic mass is 9.86. The van der Waals surface area contributed by atoms with Crippen molar-refractivity contribution < 1.29 is 23.2 Å². The van der Waals surface area contributed by atoms with Crippen LogP contribution in [0.25, 0.3) is 0 Å². The van der Waals surface area contributed by atoms with Crippen LogP contribution in [0.2, 0.25) is 0 Å². The van der Waals surface area contributed by atoms with Gasteiger partial charge >= 0.3 is 0 Å². The van der Waals surface area contributed by atoms with E-state index in [1.165, 1.54) is 18.6 Å². The van der Waals surface area contributed by atoms with Crippen molar-refractivity contribution in [2.45, 2.75) is 90.3 Å². The molecule has 5 atom stereocenters. The van der Waals surface area contributed by atoms with Gasteiger partial charge in [0.05, 0.1) is 6.04 Å². The number of piperazine rings is 1. The largest absolute Gasteiger partial charge is 0.353 e. The third kappa shape index (κ3) is 8.93. The second-order valence-corrected chi connectivity index (χ2v) is 12.2. The predicted molar refractivity (Wildman–Crippen MR) is 159 cm³/mol. The van der Waals surface area contributed by atoms with Gasteiger partial charge in [0, 0.05) is 50.0 Å². The van der Waals surface area contributed by atoms with Crippen molar-refractivity contribution in [2.75, 3.05) is 13.1 Å². The number of nitrogens with one attached hydrogen (secondary N) is 2. The van der Waals surface area contributed by atoms with Crippen LogP contribution in [0.3, 0.4) is 0 Å². The Kier molecular flexibility index (Phi) is 11.6. The molecule has 2 fully saturated rings. The highest BCUT2D eigenvalue weighted by atomic mass is 19.1. The highest BCUT2D eigenvalue weighted by Crippen LogP contribution is 2.35. The van der Waals surface area contributed by atoms with Gasteiger partial charge in [-0.3, -0.25) is 14.4 Å². The third-order valence-electron chi connectivity index (χ3n) is 8.84. The summed E-state index contributed by atoms with van der Waals surface area (Å²) in [7, 11) is 0. The van der Waals surface area contributed by atoms with Crippen LogP contribution >= 0.6 is 0 Å². The number of carbonyl (C=O) groups excluding carboxylic acids is 3. The number of benzene rings is 2. The Bertz CT molecular complexity index is 1190. The van der Waals surface area contributed by atoms with Gasteiger partial charge in [0.1, 0.15) is 17.4 Å². The van der Waals surface area contributed by atoms with E-state index in [1.807, 2.05) is 30.3 Å². The number of rotatable bonds is 14. The molecule has 2 aliphatic rings. The summed E-state index contributed by atoms with van der Waals surface area (Å²) in [6.07, 6.45) is 6.75. The predicted octanol–water partition coefficient (Wildman–Crippen LogP) is 5.58. The summed E-state index contributed by atoms with van der Waals surface area (Å²) in [5.74, 6) is -1.84. The van der Waals surface area contributed by atoms with Gasteiger partial charge in [-0.15, -0.1) is 0 Å². The second kappa shape index (κ2) is 15.4. The monoisotopic (exact) mass is 581 g/mol. The van der Waals surface area contributed by atoms with Crippen LogP contribution < -0.4 is 10.6 Å². The van der Waals surface area contributed by atoms with Crippen LogP contribution in [0, 0.1) is 29.4 Å². The lowest BCUT2D eigenvalue weighted by molar-refractivity contribution is -0.137. The maximum atomic E-state index is 14.0. The van der Waals surface area contributed by atoms with Crippen molar-refractivity contribution in [1.82, 2.24) is 15.5 Å². The van der Waals surface area contributed by atoms with Gasteiger partial charge in [-0.2, -0.15) is 0 Å². The zero-order chi connectivity index (χ0) is 30.1. The molecule has 4 unspecified atom stereocenters. The molecule has 8 heteroatoms. The van der Waals surface area contributed by atoms with E-state index in [0.29, 0.717) is 31.6 Å². The molecule has 42 heavy (non-hydrogen) atoms. The number of Topliss-reactive ketones (excluding diaryl/α,β-unsaturated/α-hetero) is 1. The molecule has 228 valence electrons. The summed E-state index contributed by atoms with van der Waals surface area (Å²) < 4.78 is 28.0. The minimum absolute atomic E-state index is 0.0669. The molecule has 6 nitrogen and oxygen atoms in total. The quantitative estimate of drug-likeness (QED) is 0.286. The number of ketones is 1. The molecule has 1 saturated heterocycles. The summed E-state index contributed by atoms with van der Waals surface area (Å²) >= 11 is 0. The normalized spacial score (nSPS) is 22.3. The third-order valence-corrected chi connectivity index (χ3v) is 8.84. The van der Waals surface area contributed by atoms with Crippen molar-refractivity contribution in [2.24, 2.45) is 17.8 Å². The molecular formula is C34H45F2N3O3. The Morgan fingerprint density at radius 2 is 1.79 bits per heavy atom. The van der Waals surface area contributed by atoms with Crippen LogP contribution in [0.15, 0.2) is 48.5 Å². The SMILES string of the molecule is CCCCCCC(C)C1CC(C(=O)NC(Cc2cc(F)cc(F)c2)C[C@@H]2NCCN(Cc3ccccc3)C2=O)CC1=O. The average molecular weight is 582 g/mol. The highest BCUT2D eigenvalue weighted by molar-refractivity contribution is 5.92. The number of carbonyl (C=O) groups is 3. The van der Waals surface area contributed by atoms with E-state index >= 15 is 0 Å². The van der Waals surface area contributed by atoms with Gasteiger partial charge in [-0.25, -0.2) is 8.78 Å². The Morgan fingerprint density at radius 1 is 1.05 bits per heavy atom. The van der Waals surface area contributed by atoms with Crippen molar-refractivity contribution in [3.05, 3.63) is 71.3 Å². The van der Waals surface area contributed by atoms with Gasteiger partial charge in [-0.05, 0) is 48.4 Å². The molecule has 0 bridgehead atoms. The maximum absolute atomic E-state index is 14.0. The average Bonchev–Trinajstić information content (AvgIpc) is 3.35. The molecular weight excluding hydrogens is 536 g/mol. The van der Waals surface area contributed by atoms with Crippen LogP contribution in [0.1, 0.15) is 76.3 Å². The summed E-state index contributed by atoms with van der Waals surface area (Å²) in [5.41, 5.74) is 1.44. The zero-order valence-electron chi connectivity index (χ0n) is 24.9. The zero-order valence-corrected chi connectivity index (χ0v) is 24.9. The molecule has 2 aromatic carbocycles. The molecule has 0 radical (unpaired) electrons. The van der Waals surface area contributed by atoms with E-state index in [9.17, 15) is 23.2 Å². The van der Waals surface area contributed by atoms with Crippen molar-refractivity contribution in [3.63, 3.8) is 0 Å². The van der Waals surface area contributed by atoms with Gasteiger partial charge in [-0.1, -0.05) is 76.3 Å². The van der Waals surface area contributed by atoms with Gasteiger partial charge in [0.25, 0.3) is 0 Å². The highest BCUT2D eigenvalue weighted by Gasteiger charge is 2.40. The lowest BCUT2D eigenvalue weighted by Crippen LogP contribution is -2.57. The molecule has 0 aromatic heterocycles. The second-order valence-electron chi connectivity index (χ2n) is 12.2. The Morgan fingerprint density at radius 3 is 2.50 bits per heavy atom. The summed E-state index contributed by atoms with van der Waals surface area (Å²) in [6, 6.07) is 12.0. The van der Waals surface area contributed by atoms with E-state index in [-0.39, 0.29) is 48.7 Å². The van der Waals surface area contributed by atoms with E-state index in [4.69, 9.17) is 0 Å². The number of hydrogen-bond acceptors (Lipinski definition) is 4. The van der Waals surface area contributed by atoms with E-state index in [2.05, 4.69) is 24.5 Å². The molecule has 1 heterocycles. The van der Waals surface area contributed by atoms with Crippen LogP contribution in [0.4, 0.5) is 8.78 Å². The molecule has 0 spiro atoms. The number of nitrogens with zero attached hydrogens (tertiary/aromatic N) is 1. The number of amides is 2. The van der Waals surface area contributed by atoms with Crippen LogP contribution in [-0.2, 0) is 27.3 Å². The van der Waals surface area contributed by atoms with Crippen LogP contribution in [0.5, 0.6) is 0 Å². The molecule has 1 aliphatic heterocycles. The fourth-order valence-corrected chi connectivity index (χ4v) is 6.51. The Balaban J connectivity index is 1.43. The van der Waals surface area contributed by atoms with Crippen molar-refractivity contribution in [3.8, 4) is 0 Å². The van der Waals surface area contributed by atoms with Crippen molar-refractivity contribution in [1.29, 1.82) is 0 Å². The number of hydrogen-bond donors (Lipinski definition) is 2. The molecule has 2 amide bonds. The summed E-state index contributed by atoms with van der Waals surface area (Å²) in [6.45, 7) is 5.95. The summed E-state index contributed by atoms with van der Waals surface area (Å²) in [4.78, 5) is 41.6. The molecule has 2 N–H and O–H groups in total. The minimum atomic E-state index is -0.687. The number of unbranched alkanes of at least 4 members (excludes halogenated alkanes) is 3. The van der Waals surface area contributed by atoms with Crippen LogP contribution in [-0.4, -0.2) is 47.7 Å². The topological polar surface area (TPSA) is 78.5 Å². The van der Waals surface area contributed by atoms with E-state index in [0.717, 1.165) is 37.3 Å². The fourth-order valence-electron chi connectivity index (χ4n) is 6.51.